The van der Waals surface area contributed by atoms with Gasteiger partial charge in [0.25, 0.3) is 0 Å². The van der Waals surface area contributed by atoms with Crippen molar-refractivity contribution in [1.29, 1.82) is 0 Å². The highest BCUT2D eigenvalue weighted by molar-refractivity contribution is 6.22. The third kappa shape index (κ3) is 4.03. The maximum atomic E-state index is 6.27. The maximum Gasteiger partial charge on any atom is 0.164 e. The monoisotopic (exact) mass is 600 g/mol. The zero-order valence-electron chi connectivity index (χ0n) is 25.1. The van der Waals surface area contributed by atoms with Gasteiger partial charge >= 0.3 is 0 Å². The number of rotatable bonds is 3. The van der Waals surface area contributed by atoms with E-state index >= 15 is 0 Å². The average Bonchev–Trinajstić information content (AvgIpc) is 3.53. The molecule has 0 amide bonds. The minimum absolute atomic E-state index is 0.596. The van der Waals surface area contributed by atoms with Crippen LogP contribution in [0.5, 0.6) is 0 Å². The number of fused-ring (bicyclic) bond motifs is 9. The van der Waals surface area contributed by atoms with Crippen molar-refractivity contribution in [3.8, 4) is 34.2 Å². The van der Waals surface area contributed by atoms with Crippen molar-refractivity contribution in [3.63, 3.8) is 0 Å². The lowest BCUT2D eigenvalue weighted by Crippen LogP contribution is -2.01. The van der Waals surface area contributed by atoms with Gasteiger partial charge in [-0.2, -0.15) is 0 Å². The van der Waals surface area contributed by atoms with Gasteiger partial charge in [0.2, 0.25) is 0 Å². The number of hydrogen-bond acceptors (Lipinski definition) is 5. The molecule has 3 aromatic heterocycles. The highest BCUT2D eigenvalue weighted by Gasteiger charge is 2.20. The Morgan fingerprint density at radius 3 is 2.04 bits per heavy atom. The Hall–Kier alpha value is -6.46. The molecule has 0 radical (unpaired) electrons. The first-order chi connectivity index (χ1) is 23.3. The van der Waals surface area contributed by atoms with Crippen molar-refractivity contribution in [2.45, 2.75) is 0 Å². The molecule has 0 aliphatic rings. The zero-order chi connectivity index (χ0) is 30.9. The minimum atomic E-state index is 0.596. The lowest BCUT2D eigenvalue weighted by atomic mass is 9.93. The number of hydrogen-bond donors (Lipinski definition) is 0. The molecule has 0 saturated heterocycles. The lowest BCUT2D eigenvalue weighted by molar-refractivity contribution is 0.669. The third-order valence-electron chi connectivity index (χ3n) is 9.17. The summed E-state index contributed by atoms with van der Waals surface area (Å²) in [5, 5.41) is 11.0. The molecular formula is C42H24N4O. The van der Waals surface area contributed by atoms with E-state index in [9.17, 15) is 0 Å². The van der Waals surface area contributed by atoms with Crippen LogP contribution < -0.4 is 0 Å². The van der Waals surface area contributed by atoms with Gasteiger partial charge in [-0.3, -0.25) is 4.98 Å². The summed E-state index contributed by atoms with van der Waals surface area (Å²) in [5.74, 6) is 1.82. The maximum absolute atomic E-state index is 6.27. The van der Waals surface area contributed by atoms with E-state index in [1.807, 2.05) is 42.7 Å². The molecule has 0 bridgehead atoms. The molecule has 3 heterocycles. The van der Waals surface area contributed by atoms with Crippen LogP contribution in [0.15, 0.2) is 150 Å². The number of pyridine rings is 1. The summed E-state index contributed by atoms with van der Waals surface area (Å²) >= 11 is 0. The molecule has 0 unspecified atom stereocenters. The van der Waals surface area contributed by atoms with Crippen LogP contribution in [0.1, 0.15) is 0 Å². The summed E-state index contributed by atoms with van der Waals surface area (Å²) in [7, 11) is 0. The smallest absolute Gasteiger partial charge is 0.164 e. The van der Waals surface area contributed by atoms with Crippen molar-refractivity contribution in [2.75, 3.05) is 0 Å². The molecule has 0 saturated carbocycles. The van der Waals surface area contributed by atoms with Crippen molar-refractivity contribution in [3.05, 3.63) is 146 Å². The van der Waals surface area contributed by atoms with E-state index < -0.39 is 0 Å². The second-order valence-corrected chi connectivity index (χ2v) is 11.9. The van der Waals surface area contributed by atoms with E-state index in [2.05, 4.69) is 108 Å². The Bertz CT molecular complexity index is 2870. The molecule has 5 nitrogen and oxygen atoms in total. The molecular weight excluding hydrogens is 576 g/mol. The van der Waals surface area contributed by atoms with Crippen LogP contribution in [0.25, 0.3) is 99.2 Å². The second-order valence-electron chi connectivity index (χ2n) is 11.9. The fourth-order valence-corrected chi connectivity index (χ4v) is 6.99. The van der Waals surface area contributed by atoms with Gasteiger partial charge in [-0.05, 0) is 62.6 Å². The summed E-state index contributed by atoms with van der Waals surface area (Å²) in [6.07, 6.45) is 3.77. The highest BCUT2D eigenvalue weighted by atomic mass is 16.3. The molecule has 10 aromatic rings. The van der Waals surface area contributed by atoms with E-state index in [1.165, 1.54) is 10.8 Å². The third-order valence-corrected chi connectivity index (χ3v) is 9.17. The van der Waals surface area contributed by atoms with E-state index in [0.717, 1.165) is 70.9 Å². The number of nitrogens with zero attached hydrogens (tertiary/aromatic N) is 4. The molecule has 0 aliphatic carbocycles. The van der Waals surface area contributed by atoms with Gasteiger partial charge in [0.1, 0.15) is 11.2 Å². The normalized spacial score (nSPS) is 11.8. The van der Waals surface area contributed by atoms with Gasteiger partial charge in [0.15, 0.2) is 17.5 Å². The fraction of sp³-hybridized carbons (Fsp3) is 0. The van der Waals surface area contributed by atoms with Crippen LogP contribution >= 0.6 is 0 Å². The van der Waals surface area contributed by atoms with Gasteiger partial charge in [0, 0.05) is 50.6 Å². The molecule has 0 atom stereocenters. The van der Waals surface area contributed by atoms with Crippen LogP contribution in [0.2, 0.25) is 0 Å². The highest BCUT2D eigenvalue weighted by Crippen LogP contribution is 2.40. The number of para-hydroxylation sites is 1. The zero-order valence-corrected chi connectivity index (χ0v) is 25.1. The van der Waals surface area contributed by atoms with Crippen molar-refractivity contribution in [1.82, 2.24) is 19.9 Å². The van der Waals surface area contributed by atoms with Crippen LogP contribution in [-0.2, 0) is 0 Å². The molecule has 0 spiro atoms. The Labute approximate surface area is 268 Å². The molecule has 7 aromatic carbocycles. The molecule has 5 heteroatoms. The van der Waals surface area contributed by atoms with Crippen molar-refractivity contribution in [2.24, 2.45) is 0 Å². The van der Waals surface area contributed by atoms with Crippen LogP contribution in [-0.4, -0.2) is 19.9 Å². The summed E-state index contributed by atoms with van der Waals surface area (Å²) < 4.78 is 6.27. The van der Waals surface area contributed by atoms with E-state index in [1.54, 1.807) is 0 Å². The molecule has 0 fully saturated rings. The molecule has 218 valence electrons. The van der Waals surface area contributed by atoms with Crippen LogP contribution in [0, 0.1) is 0 Å². The number of aromatic nitrogens is 4. The average molecular weight is 601 g/mol. The van der Waals surface area contributed by atoms with Crippen LogP contribution in [0.3, 0.4) is 0 Å². The molecule has 47 heavy (non-hydrogen) atoms. The van der Waals surface area contributed by atoms with Gasteiger partial charge in [-0.1, -0.05) is 103 Å². The summed E-state index contributed by atoms with van der Waals surface area (Å²) in [5.41, 5.74) is 4.41. The lowest BCUT2D eigenvalue weighted by Gasteiger charge is -2.14. The molecule has 10 rings (SSSR count). The van der Waals surface area contributed by atoms with Crippen molar-refractivity contribution >= 4 is 65.0 Å². The second kappa shape index (κ2) is 10.0. The number of benzene rings is 7. The van der Waals surface area contributed by atoms with Gasteiger partial charge in [-0.25, -0.2) is 15.0 Å². The predicted octanol–water partition coefficient (Wildman–Crippen LogP) is 10.8. The summed E-state index contributed by atoms with van der Waals surface area (Å²) in [4.78, 5) is 20.1. The van der Waals surface area contributed by atoms with Crippen molar-refractivity contribution < 1.29 is 4.42 Å². The Morgan fingerprint density at radius 1 is 0.404 bits per heavy atom. The van der Waals surface area contributed by atoms with E-state index in [-0.39, 0.29) is 0 Å². The van der Waals surface area contributed by atoms with Gasteiger partial charge in [0.05, 0.1) is 0 Å². The topological polar surface area (TPSA) is 64.7 Å². The molecule has 0 N–H and O–H groups in total. The summed E-state index contributed by atoms with van der Waals surface area (Å²) in [6.45, 7) is 0. The van der Waals surface area contributed by atoms with Gasteiger partial charge in [-0.15, -0.1) is 0 Å². The van der Waals surface area contributed by atoms with E-state index in [0.29, 0.717) is 17.5 Å². The largest absolute Gasteiger partial charge is 0.456 e. The van der Waals surface area contributed by atoms with Crippen LogP contribution in [0.4, 0.5) is 0 Å². The SMILES string of the molecule is c1ccc2cc(-c3nc(-c4cccc5oc6ccccc6c45)nc(-c4cc5ccccc5c5ccc6cnccc6c45)n3)ccc2c1. The Balaban J connectivity index is 1.33. The quantitative estimate of drug-likeness (QED) is 0.189. The number of furan rings is 1. The van der Waals surface area contributed by atoms with E-state index in [4.69, 9.17) is 19.4 Å². The molecule has 0 aliphatic heterocycles. The standard InChI is InChI=1S/C42H24N4O/c1-2-9-26-22-28(17-16-25(26)8-1)40-44-41(34-13-7-15-37-39(34)33-12-5-6-14-36(33)47-37)46-42(45-40)35-23-27-10-3-4-11-30(27)32-19-18-29-24-43-21-20-31(29)38(32)35/h1-24H. The first-order valence-electron chi connectivity index (χ1n) is 15.6. The minimum Gasteiger partial charge on any atom is -0.456 e. The van der Waals surface area contributed by atoms with Gasteiger partial charge < -0.3 is 4.42 Å². The predicted molar refractivity (Wildman–Crippen MR) is 191 cm³/mol. The first-order valence-corrected chi connectivity index (χ1v) is 15.6. The summed E-state index contributed by atoms with van der Waals surface area (Å²) in [6, 6.07) is 46.1. The first kappa shape index (κ1) is 25.8. The Morgan fingerprint density at radius 2 is 1.13 bits per heavy atom. The fourth-order valence-electron chi connectivity index (χ4n) is 6.99. The Kier molecular flexibility index (Phi) is 5.51.